The minimum Gasteiger partial charge on any atom is -0.489 e. The van der Waals surface area contributed by atoms with Crippen molar-refractivity contribution in [2.45, 2.75) is 32.9 Å². The van der Waals surface area contributed by atoms with Gasteiger partial charge in [-0.15, -0.1) is 11.3 Å². The zero-order chi connectivity index (χ0) is 14.8. The number of hydrogen-bond donors (Lipinski definition) is 1. The number of aryl methyl sites for hydroxylation is 2. The van der Waals surface area contributed by atoms with E-state index in [4.69, 9.17) is 10.5 Å². The molecule has 0 fully saturated rings. The van der Waals surface area contributed by atoms with Gasteiger partial charge in [-0.2, -0.15) is 0 Å². The fourth-order valence-corrected chi connectivity index (χ4v) is 2.90. The van der Waals surface area contributed by atoms with Crippen molar-refractivity contribution in [3.63, 3.8) is 0 Å². The molecule has 0 radical (unpaired) electrons. The average molecular weight is 302 g/mol. The van der Waals surface area contributed by atoms with Crippen LogP contribution in [0.3, 0.4) is 0 Å². The van der Waals surface area contributed by atoms with Gasteiger partial charge in [-0.05, 0) is 26.0 Å². The van der Waals surface area contributed by atoms with Gasteiger partial charge in [0.2, 0.25) is 5.95 Å². The molecule has 0 unspecified atom stereocenters. The van der Waals surface area contributed by atoms with Gasteiger partial charge in [0.1, 0.15) is 11.3 Å². The summed E-state index contributed by atoms with van der Waals surface area (Å²) in [6.07, 6.45) is 0.950. The van der Waals surface area contributed by atoms with Crippen LogP contribution in [0.15, 0.2) is 29.1 Å². The molecule has 5 nitrogen and oxygen atoms in total. The molecule has 2 heterocycles. The van der Waals surface area contributed by atoms with Crippen LogP contribution in [0, 0.1) is 0 Å². The Bertz CT molecular complexity index is 734. The van der Waals surface area contributed by atoms with Crippen LogP contribution in [-0.2, 0) is 13.0 Å². The van der Waals surface area contributed by atoms with Crippen molar-refractivity contribution in [3.05, 3.63) is 34.8 Å². The summed E-state index contributed by atoms with van der Waals surface area (Å²) in [6.45, 7) is 4.76. The van der Waals surface area contributed by atoms with E-state index in [1.165, 1.54) is 0 Å². The molecule has 0 spiro atoms. The number of nitrogens with zero attached hydrogens (tertiary/aromatic N) is 3. The Morgan fingerprint density at radius 2 is 2.24 bits per heavy atom. The standard InChI is InChI=1S/C15H18N4OS/c1-10(2)20-13-5-3-4-12-14(13)18-15(16)19(12)7-6-11-8-21-9-17-11/h3-5,8-10H,6-7H2,1-2H3,(H2,16,18). The minimum absolute atomic E-state index is 0.108. The summed E-state index contributed by atoms with van der Waals surface area (Å²) in [5, 5.41) is 2.06. The summed E-state index contributed by atoms with van der Waals surface area (Å²) in [5.41, 5.74) is 10.8. The van der Waals surface area contributed by atoms with Gasteiger partial charge in [0.15, 0.2) is 0 Å². The maximum Gasteiger partial charge on any atom is 0.201 e. The number of hydrogen-bond acceptors (Lipinski definition) is 5. The first-order valence-corrected chi connectivity index (χ1v) is 7.88. The second-order valence-electron chi connectivity index (χ2n) is 5.14. The van der Waals surface area contributed by atoms with Crippen LogP contribution < -0.4 is 10.5 Å². The van der Waals surface area contributed by atoms with Crippen LogP contribution in [0.5, 0.6) is 5.75 Å². The van der Waals surface area contributed by atoms with Crippen molar-refractivity contribution in [2.75, 3.05) is 5.73 Å². The van der Waals surface area contributed by atoms with Crippen molar-refractivity contribution in [1.82, 2.24) is 14.5 Å². The van der Waals surface area contributed by atoms with Gasteiger partial charge in [-0.1, -0.05) is 6.07 Å². The van der Waals surface area contributed by atoms with E-state index in [2.05, 4.69) is 15.3 Å². The third-order valence-corrected chi connectivity index (χ3v) is 3.84. The van der Waals surface area contributed by atoms with Gasteiger partial charge in [0, 0.05) is 18.3 Å². The van der Waals surface area contributed by atoms with E-state index in [1.54, 1.807) is 11.3 Å². The highest BCUT2D eigenvalue weighted by molar-refractivity contribution is 7.07. The molecule has 21 heavy (non-hydrogen) atoms. The maximum absolute atomic E-state index is 6.07. The number of thiazole rings is 1. The molecule has 0 aliphatic rings. The number of anilines is 1. The summed E-state index contributed by atoms with van der Waals surface area (Å²) in [7, 11) is 0. The molecule has 6 heteroatoms. The summed E-state index contributed by atoms with van der Waals surface area (Å²) in [4.78, 5) is 8.77. The predicted molar refractivity (Wildman–Crippen MR) is 85.7 cm³/mol. The first kappa shape index (κ1) is 13.9. The van der Waals surface area contributed by atoms with Gasteiger partial charge in [0.05, 0.1) is 22.8 Å². The number of ether oxygens (including phenoxy) is 1. The SMILES string of the molecule is CC(C)Oc1cccc2c1nc(N)n2CCc1cscn1. The number of benzene rings is 1. The van der Waals surface area contributed by atoms with E-state index in [9.17, 15) is 0 Å². The van der Waals surface area contributed by atoms with E-state index in [0.717, 1.165) is 35.4 Å². The van der Waals surface area contributed by atoms with Gasteiger partial charge in [-0.25, -0.2) is 9.97 Å². The Morgan fingerprint density at radius 1 is 1.38 bits per heavy atom. The highest BCUT2D eigenvalue weighted by Gasteiger charge is 2.13. The minimum atomic E-state index is 0.108. The third kappa shape index (κ3) is 2.85. The fraction of sp³-hybridized carbons (Fsp3) is 0.333. The van der Waals surface area contributed by atoms with Crippen molar-refractivity contribution in [3.8, 4) is 5.75 Å². The molecule has 0 amide bonds. The van der Waals surface area contributed by atoms with E-state index >= 15 is 0 Å². The molecule has 3 rings (SSSR count). The molecular formula is C15H18N4OS. The monoisotopic (exact) mass is 302 g/mol. The quantitative estimate of drug-likeness (QED) is 0.786. The number of fused-ring (bicyclic) bond motifs is 1. The largest absolute Gasteiger partial charge is 0.489 e. The molecule has 3 aromatic rings. The Hall–Kier alpha value is -2.08. The molecule has 0 saturated heterocycles. The third-order valence-electron chi connectivity index (χ3n) is 3.21. The van der Waals surface area contributed by atoms with Crippen LogP contribution >= 0.6 is 11.3 Å². The first-order chi connectivity index (χ1) is 10.1. The van der Waals surface area contributed by atoms with E-state index < -0.39 is 0 Å². The Labute approximate surface area is 127 Å². The Balaban J connectivity index is 1.93. The molecule has 2 aromatic heterocycles. The lowest BCUT2D eigenvalue weighted by atomic mass is 10.2. The van der Waals surface area contributed by atoms with Crippen LogP contribution in [0.4, 0.5) is 5.95 Å². The summed E-state index contributed by atoms with van der Waals surface area (Å²) < 4.78 is 7.82. The Kier molecular flexibility index (Phi) is 3.79. The van der Waals surface area contributed by atoms with Crippen molar-refractivity contribution >= 4 is 28.3 Å². The summed E-state index contributed by atoms with van der Waals surface area (Å²) in [5.74, 6) is 1.29. The number of aromatic nitrogens is 3. The molecule has 110 valence electrons. The van der Waals surface area contributed by atoms with Crippen LogP contribution in [0.1, 0.15) is 19.5 Å². The van der Waals surface area contributed by atoms with Gasteiger partial charge < -0.3 is 15.0 Å². The second-order valence-corrected chi connectivity index (χ2v) is 5.86. The molecule has 2 N–H and O–H groups in total. The van der Waals surface area contributed by atoms with E-state index in [-0.39, 0.29) is 6.10 Å². The number of nitrogen functional groups attached to an aromatic ring is 1. The number of rotatable bonds is 5. The van der Waals surface area contributed by atoms with Gasteiger partial charge in [-0.3, -0.25) is 0 Å². The lowest BCUT2D eigenvalue weighted by Crippen LogP contribution is -2.06. The van der Waals surface area contributed by atoms with Crippen molar-refractivity contribution in [1.29, 1.82) is 0 Å². The molecule has 1 aromatic carbocycles. The van der Waals surface area contributed by atoms with Gasteiger partial charge >= 0.3 is 0 Å². The summed E-state index contributed by atoms with van der Waals surface area (Å²) in [6, 6.07) is 5.92. The molecule has 0 saturated carbocycles. The zero-order valence-electron chi connectivity index (χ0n) is 12.1. The van der Waals surface area contributed by atoms with Crippen LogP contribution in [0.25, 0.3) is 11.0 Å². The second kappa shape index (κ2) is 5.73. The highest BCUT2D eigenvalue weighted by atomic mass is 32.1. The summed E-state index contributed by atoms with van der Waals surface area (Å²) >= 11 is 1.61. The fourth-order valence-electron chi connectivity index (χ4n) is 2.31. The Morgan fingerprint density at radius 3 is 2.95 bits per heavy atom. The van der Waals surface area contributed by atoms with Crippen molar-refractivity contribution in [2.24, 2.45) is 0 Å². The van der Waals surface area contributed by atoms with Crippen LogP contribution in [0.2, 0.25) is 0 Å². The number of imidazole rings is 1. The lowest BCUT2D eigenvalue weighted by molar-refractivity contribution is 0.245. The topological polar surface area (TPSA) is 66.0 Å². The maximum atomic E-state index is 6.07. The molecule has 0 aliphatic heterocycles. The van der Waals surface area contributed by atoms with E-state index in [1.807, 2.05) is 42.1 Å². The average Bonchev–Trinajstić information content (AvgIpc) is 3.04. The van der Waals surface area contributed by atoms with E-state index in [0.29, 0.717) is 5.95 Å². The number of para-hydroxylation sites is 1. The van der Waals surface area contributed by atoms with Crippen molar-refractivity contribution < 1.29 is 4.74 Å². The lowest BCUT2D eigenvalue weighted by Gasteiger charge is -2.10. The highest BCUT2D eigenvalue weighted by Crippen LogP contribution is 2.28. The normalized spacial score (nSPS) is 11.4. The van der Waals surface area contributed by atoms with Gasteiger partial charge in [0.25, 0.3) is 0 Å². The molecular weight excluding hydrogens is 284 g/mol. The molecule has 0 bridgehead atoms. The predicted octanol–water partition coefficient (Wildman–Crippen LogP) is 3.10. The molecule has 0 aliphatic carbocycles. The molecule has 0 atom stereocenters. The van der Waals surface area contributed by atoms with Crippen LogP contribution in [-0.4, -0.2) is 20.6 Å². The smallest absolute Gasteiger partial charge is 0.201 e. The number of nitrogens with two attached hydrogens (primary N) is 1. The zero-order valence-corrected chi connectivity index (χ0v) is 12.9. The first-order valence-electron chi connectivity index (χ1n) is 6.93.